The molecule has 1 amide bonds. The molecule has 4 nitrogen and oxygen atoms in total. The van der Waals surface area contributed by atoms with Gasteiger partial charge in [-0.15, -0.1) is 0 Å². The van der Waals surface area contributed by atoms with Crippen molar-refractivity contribution >= 4 is 5.91 Å². The SMILES string of the molecule is CC(N)(CC(N)=O)C1CCCCN1. The topological polar surface area (TPSA) is 81.1 Å². The number of hydrogen-bond acceptors (Lipinski definition) is 3. The largest absolute Gasteiger partial charge is 0.370 e. The molecule has 76 valence electrons. The van der Waals surface area contributed by atoms with Crippen LogP contribution in [0.2, 0.25) is 0 Å². The molecular weight excluding hydrogens is 166 g/mol. The molecular formula is C9H19N3O. The lowest BCUT2D eigenvalue weighted by Gasteiger charge is -2.36. The Hall–Kier alpha value is -0.610. The van der Waals surface area contributed by atoms with E-state index in [4.69, 9.17) is 11.5 Å². The maximum Gasteiger partial charge on any atom is 0.219 e. The normalized spacial score (nSPS) is 28.0. The van der Waals surface area contributed by atoms with E-state index in [1.54, 1.807) is 0 Å². The molecule has 1 saturated heterocycles. The molecule has 1 rings (SSSR count). The third-order valence-electron chi connectivity index (χ3n) is 2.66. The maximum atomic E-state index is 10.8. The van der Waals surface area contributed by atoms with Crippen molar-refractivity contribution in [1.29, 1.82) is 0 Å². The van der Waals surface area contributed by atoms with Crippen molar-refractivity contribution in [3.63, 3.8) is 0 Å². The summed E-state index contributed by atoms with van der Waals surface area (Å²) >= 11 is 0. The molecule has 1 heterocycles. The average Bonchev–Trinajstić information content (AvgIpc) is 2.04. The molecule has 0 radical (unpaired) electrons. The van der Waals surface area contributed by atoms with Crippen molar-refractivity contribution in [3.05, 3.63) is 0 Å². The number of rotatable bonds is 3. The van der Waals surface area contributed by atoms with Gasteiger partial charge in [0, 0.05) is 18.0 Å². The molecule has 5 N–H and O–H groups in total. The number of hydrogen-bond donors (Lipinski definition) is 3. The van der Waals surface area contributed by atoms with Gasteiger partial charge in [-0.05, 0) is 26.3 Å². The highest BCUT2D eigenvalue weighted by Gasteiger charge is 2.32. The Morgan fingerprint density at radius 3 is 2.77 bits per heavy atom. The van der Waals surface area contributed by atoms with E-state index in [0.29, 0.717) is 0 Å². The van der Waals surface area contributed by atoms with Gasteiger partial charge in [0.2, 0.25) is 5.91 Å². The van der Waals surface area contributed by atoms with Gasteiger partial charge in [0.15, 0.2) is 0 Å². The van der Waals surface area contributed by atoms with E-state index in [2.05, 4.69) is 5.32 Å². The highest BCUT2D eigenvalue weighted by atomic mass is 16.1. The number of primary amides is 1. The quantitative estimate of drug-likeness (QED) is 0.565. The zero-order valence-corrected chi connectivity index (χ0v) is 8.18. The van der Waals surface area contributed by atoms with E-state index in [0.717, 1.165) is 13.0 Å². The minimum Gasteiger partial charge on any atom is -0.370 e. The van der Waals surface area contributed by atoms with Crippen molar-refractivity contribution in [2.24, 2.45) is 11.5 Å². The van der Waals surface area contributed by atoms with E-state index < -0.39 is 5.54 Å². The van der Waals surface area contributed by atoms with Crippen LogP contribution in [0.15, 0.2) is 0 Å². The minimum absolute atomic E-state index is 0.230. The monoisotopic (exact) mass is 185 g/mol. The summed E-state index contributed by atoms with van der Waals surface area (Å²) in [5, 5.41) is 3.33. The summed E-state index contributed by atoms with van der Waals surface area (Å²) in [5.41, 5.74) is 10.7. The number of nitrogens with two attached hydrogens (primary N) is 2. The minimum atomic E-state index is -0.494. The third kappa shape index (κ3) is 2.97. The van der Waals surface area contributed by atoms with E-state index in [9.17, 15) is 4.79 Å². The van der Waals surface area contributed by atoms with Crippen LogP contribution in [0, 0.1) is 0 Å². The summed E-state index contributed by atoms with van der Waals surface area (Å²) in [6.45, 7) is 2.89. The summed E-state index contributed by atoms with van der Waals surface area (Å²) in [6.07, 6.45) is 3.68. The average molecular weight is 185 g/mol. The third-order valence-corrected chi connectivity index (χ3v) is 2.66. The van der Waals surface area contributed by atoms with Gasteiger partial charge in [-0.25, -0.2) is 0 Å². The fourth-order valence-corrected chi connectivity index (χ4v) is 1.91. The number of amides is 1. The molecule has 0 saturated carbocycles. The molecule has 0 aromatic carbocycles. The standard InChI is InChI=1S/C9H19N3O/c1-9(11,6-8(10)13)7-4-2-3-5-12-7/h7,12H,2-6,11H2,1H3,(H2,10,13). The molecule has 0 bridgehead atoms. The summed E-state index contributed by atoms with van der Waals surface area (Å²) in [5.74, 6) is -0.322. The second-order valence-corrected chi connectivity index (χ2v) is 4.15. The van der Waals surface area contributed by atoms with Gasteiger partial charge in [-0.2, -0.15) is 0 Å². The van der Waals surface area contributed by atoms with Crippen LogP contribution in [0.5, 0.6) is 0 Å². The number of piperidine rings is 1. The highest BCUT2D eigenvalue weighted by Crippen LogP contribution is 2.19. The molecule has 1 fully saturated rings. The van der Waals surface area contributed by atoms with Crippen LogP contribution in [0.3, 0.4) is 0 Å². The molecule has 2 unspecified atom stereocenters. The number of carbonyl (C=O) groups is 1. The van der Waals surface area contributed by atoms with Gasteiger partial charge in [-0.3, -0.25) is 4.79 Å². The molecule has 1 aliphatic rings. The van der Waals surface area contributed by atoms with E-state index in [-0.39, 0.29) is 18.4 Å². The van der Waals surface area contributed by atoms with Gasteiger partial charge < -0.3 is 16.8 Å². The van der Waals surface area contributed by atoms with Crippen molar-refractivity contribution in [2.45, 2.75) is 44.2 Å². The second-order valence-electron chi connectivity index (χ2n) is 4.15. The Bertz CT molecular complexity index is 185. The van der Waals surface area contributed by atoms with E-state index in [1.807, 2.05) is 6.92 Å². The second kappa shape index (κ2) is 4.07. The van der Waals surface area contributed by atoms with Gasteiger partial charge in [-0.1, -0.05) is 6.42 Å². The zero-order chi connectivity index (χ0) is 9.90. The summed E-state index contributed by atoms with van der Waals surface area (Å²) in [7, 11) is 0. The molecule has 2 atom stereocenters. The fraction of sp³-hybridized carbons (Fsp3) is 0.889. The van der Waals surface area contributed by atoms with Gasteiger partial charge >= 0.3 is 0 Å². The number of carbonyl (C=O) groups excluding carboxylic acids is 1. The highest BCUT2D eigenvalue weighted by molar-refractivity contribution is 5.75. The molecule has 1 aliphatic heterocycles. The maximum absolute atomic E-state index is 10.8. The lowest BCUT2D eigenvalue weighted by atomic mass is 9.84. The van der Waals surface area contributed by atoms with Crippen LogP contribution in [0.25, 0.3) is 0 Å². The molecule has 0 aliphatic carbocycles. The fourth-order valence-electron chi connectivity index (χ4n) is 1.91. The first kappa shape index (κ1) is 10.5. The Morgan fingerprint density at radius 2 is 2.31 bits per heavy atom. The van der Waals surface area contributed by atoms with Crippen LogP contribution >= 0.6 is 0 Å². The van der Waals surface area contributed by atoms with Crippen molar-refractivity contribution in [2.75, 3.05) is 6.54 Å². The van der Waals surface area contributed by atoms with Crippen molar-refractivity contribution < 1.29 is 4.79 Å². The van der Waals surface area contributed by atoms with Gasteiger partial charge in [0.25, 0.3) is 0 Å². The molecule has 13 heavy (non-hydrogen) atoms. The smallest absolute Gasteiger partial charge is 0.219 e. The van der Waals surface area contributed by atoms with Crippen molar-refractivity contribution in [3.8, 4) is 0 Å². The Morgan fingerprint density at radius 1 is 1.62 bits per heavy atom. The molecule has 4 heteroatoms. The number of nitrogens with one attached hydrogen (secondary N) is 1. The van der Waals surface area contributed by atoms with Gasteiger partial charge in [0.05, 0.1) is 0 Å². The van der Waals surface area contributed by atoms with Crippen LogP contribution in [0.1, 0.15) is 32.6 Å². The zero-order valence-electron chi connectivity index (χ0n) is 8.18. The molecule has 0 aromatic heterocycles. The summed E-state index contributed by atoms with van der Waals surface area (Å²) in [6, 6.07) is 0.230. The summed E-state index contributed by atoms with van der Waals surface area (Å²) in [4.78, 5) is 10.8. The van der Waals surface area contributed by atoms with E-state index >= 15 is 0 Å². The molecule has 0 aromatic rings. The lowest BCUT2D eigenvalue weighted by molar-refractivity contribution is -0.119. The predicted octanol–water partition coefficient (Wildman–Crippen LogP) is -0.279. The Balaban J connectivity index is 2.50. The lowest BCUT2D eigenvalue weighted by Crippen LogP contribution is -2.58. The van der Waals surface area contributed by atoms with Crippen LogP contribution in [-0.2, 0) is 4.79 Å². The predicted molar refractivity (Wildman–Crippen MR) is 52.0 cm³/mol. The first-order valence-corrected chi connectivity index (χ1v) is 4.83. The van der Waals surface area contributed by atoms with Crippen LogP contribution in [-0.4, -0.2) is 24.0 Å². The van der Waals surface area contributed by atoms with E-state index in [1.165, 1.54) is 12.8 Å². The van der Waals surface area contributed by atoms with Crippen LogP contribution < -0.4 is 16.8 Å². The molecule has 0 spiro atoms. The van der Waals surface area contributed by atoms with Gasteiger partial charge in [0.1, 0.15) is 0 Å². The summed E-state index contributed by atoms with van der Waals surface area (Å²) < 4.78 is 0. The van der Waals surface area contributed by atoms with Crippen LogP contribution in [0.4, 0.5) is 0 Å². The first-order valence-electron chi connectivity index (χ1n) is 4.83. The van der Waals surface area contributed by atoms with Crippen molar-refractivity contribution in [1.82, 2.24) is 5.32 Å². The Kier molecular flexibility index (Phi) is 3.27. The first-order chi connectivity index (χ1) is 6.02. The Labute approximate surface area is 79.0 Å².